The van der Waals surface area contributed by atoms with Gasteiger partial charge in [-0.25, -0.2) is 4.39 Å². The highest BCUT2D eigenvalue weighted by molar-refractivity contribution is 5.92. The lowest BCUT2D eigenvalue weighted by Crippen LogP contribution is -2.34. The number of benzene rings is 1. The van der Waals surface area contributed by atoms with Crippen LogP contribution in [0.25, 0.3) is 5.69 Å². The molecule has 0 aliphatic heterocycles. The third-order valence-electron chi connectivity index (χ3n) is 4.54. The maximum absolute atomic E-state index is 13.3. The van der Waals surface area contributed by atoms with Crippen molar-refractivity contribution in [2.75, 3.05) is 5.32 Å². The zero-order valence-corrected chi connectivity index (χ0v) is 13.3. The number of nitrogens with one attached hydrogen (secondary N) is 1. The van der Waals surface area contributed by atoms with Crippen molar-refractivity contribution in [3.05, 3.63) is 66.5 Å². The Morgan fingerprint density at radius 2 is 2.12 bits per heavy atom. The van der Waals surface area contributed by atoms with Crippen molar-refractivity contribution in [2.45, 2.75) is 18.8 Å². The molecule has 1 saturated carbocycles. The molecule has 0 spiro atoms. The Balaban J connectivity index is 1.41. The van der Waals surface area contributed by atoms with Gasteiger partial charge in [0.25, 0.3) is 0 Å². The van der Waals surface area contributed by atoms with E-state index in [4.69, 9.17) is 0 Å². The molecule has 2 aromatic heterocycles. The third-order valence-corrected chi connectivity index (χ3v) is 4.54. The molecule has 1 aromatic carbocycles. The fraction of sp³-hybridized carbons (Fsp3) is 0.222. The maximum atomic E-state index is 13.3. The molecule has 1 N–H and O–H groups in total. The van der Waals surface area contributed by atoms with Crippen LogP contribution >= 0.6 is 0 Å². The summed E-state index contributed by atoms with van der Waals surface area (Å²) in [4.78, 5) is 16.5. The van der Waals surface area contributed by atoms with E-state index in [9.17, 15) is 9.18 Å². The highest BCUT2D eigenvalue weighted by Crippen LogP contribution is 2.42. The van der Waals surface area contributed by atoms with Crippen LogP contribution in [0.3, 0.4) is 0 Å². The number of anilines is 1. The van der Waals surface area contributed by atoms with Gasteiger partial charge in [0.05, 0.1) is 11.9 Å². The fourth-order valence-corrected chi connectivity index (χ4v) is 3.08. The zero-order valence-electron chi connectivity index (χ0n) is 13.3. The van der Waals surface area contributed by atoms with Gasteiger partial charge in [0, 0.05) is 12.1 Å². The summed E-state index contributed by atoms with van der Waals surface area (Å²) in [7, 11) is 0. The van der Waals surface area contributed by atoms with Gasteiger partial charge in [-0.2, -0.15) is 0 Å². The number of aromatic nitrogens is 4. The van der Waals surface area contributed by atoms with Crippen LogP contribution in [0.4, 0.5) is 10.3 Å². The Labute approximate surface area is 143 Å². The van der Waals surface area contributed by atoms with E-state index in [0.29, 0.717) is 18.8 Å². The molecule has 4 rings (SSSR count). The number of rotatable bonds is 4. The molecule has 0 saturated heterocycles. The average Bonchev–Trinajstić information content (AvgIpc) is 3.02. The summed E-state index contributed by atoms with van der Waals surface area (Å²) in [6.45, 7) is 0. The lowest BCUT2D eigenvalue weighted by molar-refractivity contribution is -0.122. The molecule has 0 unspecified atom stereocenters. The number of amides is 1. The highest BCUT2D eigenvalue weighted by atomic mass is 19.1. The zero-order chi connectivity index (χ0) is 17.2. The van der Waals surface area contributed by atoms with Gasteiger partial charge in [0.2, 0.25) is 11.9 Å². The van der Waals surface area contributed by atoms with E-state index < -0.39 is 0 Å². The van der Waals surface area contributed by atoms with Crippen LogP contribution < -0.4 is 5.32 Å². The molecular formula is C18H16FN5O. The van der Waals surface area contributed by atoms with Crippen molar-refractivity contribution < 1.29 is 9.18 Å². The summed E-state index contributed by atoms with van der Waals surface area (Å²) >= 11 is 0. The highest BCUT2D eigenvalue weighted by Gasteiger charge is 2.36. The number of hydrogen-bond donors (Lipinski definition) is 1. The van der Waals surface area contributed by atoms with Gasteiger partial charge in [-0.15, -0.1) is 10.2 Å². The summed E-state index contributed by atoms with van der Waals surface area (Å²) in [6.07, 6.45) is 6.28. The summed E-state index contributed by atoms with van der Waals surface area (Å²) in [5.74, 6) is 0.155. The Kier molecular flexibility index (Phi) is 3.97. The predicted molar refractivity (Wildman–Crippen MR) is 89.6 cm³/mol. The van der Waals surface area contributed by atoms with Gasteiger partial charge in [-0.05, 0) is 48.6 Å². The second kappa shape index (κ2) is 6.43. The molecule has 25 heavy (non-hydrogen) atoms. The average molecular weight is 337 g/mol. The number of carbonyl (C=O) groups is 1. The molecule has 7 heteroatoms. The normalized spacial score (nSPS) is 19.2. The van der Waals surface area contributed by atoms with E-state index >= 15 is 0 Å². The van der Waals surface area contributed by atoms with Gasteiger partial charge in [0.15, 0.2) is 0 Å². The first-order valence-corrected chi connectivity index (χ1v) is 8.07. The quantitative estimate of drug-likeness (QED) is 0.794. The molecule has 0 radical (unpaired) electrons. The van der Waals surface area contributed by atoms with E-state index in [0.717, 1.165) is 11.3 Å². The number of halogens is 1. The van der Waals surface area contributed by atoms with Gasteiger partial charge in [-0.1, -0.05) is 12.1 Å². The first-order chi connectivity index (χ1) is 12.2. The molecule has 1 aliphatic carbocycles. The summed E-state index contributed by atoms with van der Waals surface area (Å²) in [6, 6.07) is 10.2. The Morgan fingerprint density at radius 1 is 1.24 bits per heavy atom. The molecule has 1 aliphatic rings. The van der Waals surface area contributed by atoms with Crippen LogP contribution in [0.2, 0.25) is 0 Å². The minimum Gasteiger partial charge on any atom is -0.294 e. The van der Waals surface area contributed by atoms with Crippen LogP contribution in [0, 0.1) is 11.7 Å². The van der Waals surface area contributed by atoms with Crippen molar-refractivity contribution in [3.63, 3.8) is 0 Å². The Hall–Kier alpha value is -3.09. The third kappa shape index (κ3) is 3.13. The lowest BCUT2D eigenvalue weighted by atomic mass is 9.71. The van der Waals surface area contributed by atoms with Crippen LogP contribution in [0.15, 0.2) is 55.1 Å². The minimum absolute atomic E-state index is 0.0919. The number of pyridine rings is 1. The lowest BCUT2D eigenvalue weighted by Gasteiger charge is -2.34. The monoisotopic (exact) mass is 337 g/mol. The SMILES string of the molecule is O=C(Nc1nncn1-c1cccnc1)C1CC(c2cccc(F)c2)C1. The Bertz CT molecular complexity index is 889. The van der Waals surface area contributed by atoms with E-state index in [1.165, 1.54) is 18.5 Å². The Morgan fingerprint density at radius 3 is 2.88 bits per heavy atom. The number of hydrogen-bond acceptors (Lipinski definition) is 4. The molecule has 0 bridgehead atoms. The van der Waals surface area contributed by atoms with Gasteiger partial charge in [0.1, 0.15) is 12.1 Å². The van der Waals surface area contributed by atoms with E-state index in [2.05, 4.69) is 20.5 Å². The van der Waals surface area contributed by atoms with Crippen LogP contribution in [-0.2, 0) is 4.79 Å². The molecule has 2 heterocycles. The van der Waals surface area contributed by atoms with Crippen LogP contribution in [-0.4, -0.2) is 25.7 Å². The standard InChI is InChI=1S/C18H16FN5O/c19-15-4-1-3-12(9-15)13-7-14(8-13)17(25)22-18-23-21-11-24(18)16-5-2-6-20-10-16/h1-6,9-11,13-14H,7-8H2,(H,22,23,25). The minimum atomic E-state index is -0.241. The van der Waals surface area contributed by atoms with Gasteiger partial charge < -0.3 is 0 Å². The van der Waals surface area contributed by atoms with Crippen molar-refractivity contribution in [1.82, 2.24) is 19.7 Å². The summed E-state index contributed by atoms with van der Waals surface area (Å²) in [5, 5.41) is 10.6. The van der Waals surface area contributed by atoms with Crippen LogP contribution in [0.5, 0.6) is 0 Å². The predicted octanol–water partition coefficient (Wildman–Crippen LogP) is 2.93. The second-order valence-electron chi connectivity index (χ2n) is 6.15. The van der Waals surface area contributed by atoms with E-state index in [-0.39, 0.29) is 23.6 Å². The number of nitrogens with zero attached hydrogens (tertiary/aromatic N) is 4. The molecule has 3 aromatic rings. The topological polar surface area (TPSA) is 72.7 Å². The first kappa shape index (κ1) is 15.4. The molecule has 0 atom stereocenters. The van der Waals surface area contributed by atoms with E-state index in [1.54, 1.807) is 29.1 Å². The van der Waals surface area contributed by atoms with Crippen molar-refractivity contribution in [3.8, 4) is 5.69 Å². The van der Waals surface area contributed by atoms with Crippen molar-refractivity contribution in [1.29, 1.82) is 0 Å². The maximum Gasteiger partial charge on any atom is 0.235 e. The van der Waals surface area contributed by atoms with Gasteiger partial charge in [-0.3, -0.25) is 19.7 Å². The summed E-state index contributed by atoms with van der Waals surface area (Å²) < 4.78 is 15.0. The van der Waals surface area contributed by atoms with Gasteiger partial charge >= 0.3 is 0 Å². The molecule has 126 valence electrons. The number of carbonyl (C=O) groups excluding carboxylic acids is 1. The first-order valence-electron chi connectivity index (χ1n) is 8.07. The van der Waals surface area contributed by atoms with Crippen molar-refractivity contribution in [2.24, 2.45) is 5.92 Å². The van der Waals surface area contributed by atoms with E-state index in [1.807, 2.05) is 12.1 Å². The molecule has 1 amide bonds. The molecule has 1 fully saturated rings. The molecule has 6 nitrogen and oxygen atoms in total. The summed E-state index contributed by atoms with van der Waals surface area (Å²) in [5.41, 5.74) is 1.72. The smallest absolute Gasteiger partial charge is 0.235 e. The largest absolute Gasteiger partial charge is 0.294 e. The molecular weight excluding hydrogens is 321 g/mol. The second-order valence-corrected chi connectivity index (χ2v) is 6.15. The fourth-order valence-electron chi connectivity index (χ4n) is 3.08. The van der Waals surface area contributed by atoms with Crippen molar-refractivity contribution >= 4 is 11.9 Å². The van der Waals surface area contributed by atoms with Crippen LogP contribution in [0.1, 0.15) is 24.3 Å².